The van der Waals surface area contributed by atoms with Crippen LogP contribution in [-0.2, 0) is 23.8 Å². The summed E-state index contributed by atoms with van der Waals surface area (Å²) in [6, 6.07) is 0. The van der Waals surface area contributed by atoms with Crippen molar-refractivity contribution in [2.24, 2.45) is 0 Å². The van der Waals surface area contributed by atoms with Crippen LogP contribution in [0.5, 0.6) is 0 Å². The van der Waals surface area contributed by atoms with Gasteiger partial charge >= 0.3 is 11.9 Å². The van der Waals surface area contributed by atoms with E-state index in [1.54, 1.807) is 0 Å². The van der Waals surface area contributed by atoms with Gasteiger partial charge in [0.25, 0.3) is 0 Å². The summed E-state index contributed by atoms with van der Waals surface area (Å²) in [5, 5.41) is 0. The maximum Gasteiger partial charge on any atom is 0.306 e. The lowest BCUT2D eigenvalue weighted by Crippen LogP contribution is -2.30. The van der Waals surface area contributed by atoms with E-state index < -0.39 is 6.10 Å². The molecule has 0 saturated carbocycles. The summed E-state index contributed by atoms with van der Waals surface area (Å²) in [6.45, 7) is 7.78. The minimum absolute atomic E-state index is 0.0794. The number of unbranched alkanes of at least 4 members (excludes halogenated alkanes) is 33. The van der Waals surface area contributed by atoms with Gasteiger partial charge in [-0.1, -0.05) is 230 Å². The van der Waals surface area contributed by atoms with Gasteiger partial charge in [-0.25, -0.2) is 0 Å². The van der Waals surface area contributed by atoms with Crippen LogP contribution < -0.4 is 0 Å². The fourth-order valence-corrected chi connectivity index (χ4v) is 8.05. The molecule has 0 radical (unpaired) electrons. The third-order valence-electron chi connectivity index (χ3n) is 12.3. The Morgan fingerprint density at radius 1 is 0.344 bits per heavy atom. The van der Waals surface area contributed by atoms with E-state index in [9.17, 15) is 9.59 Å². The van der Waals surface area contributed by atoms with Crippen molar-refractivity contribution in [1.29, 1.82) is 0 Å². The lowest BCUT2D eigenvalue weighted by atomic mass is 10.1. The molecule has 1 unspecified atom stereocenters. The Morgan fingerprint density at radius 3 is 1.12 bits per heavy atom. The van der Waals surface area contributed by atoms with E-state index in [1.807, 2.05) is 0 Å². The molecular formula is C59H108O5. The zero-order chi connectivity index (χ0) is 46.3. The second-order valence-electron chi connectivity index (χ2n) is 18.8. The van der Waals surface area contributed by atoms with Crippen LogP contribution in [0, 0.1) is 0 Å². The van der Waals surface area contributed by atoms with E-state index in [1.165, 1.54) is 193 Å². The highest BCUT2D eigenvalue weighted by Crippen LogP contribution is 2.15. The van der Waals surface area contributed by atoms with Crippen LogP contribution >= 0.6 is 0 Å². The maximum atomic E-state index is 12.8. The van der Waals surface area contributed by atoms with E-state index in [0.29, 0.717) is 19.4 Å². The van der Waals surface area contributed by atoms with Crippen molar-refractivity contribution in [3.8, 4) is 0 Å². The molecule has 0 aromatic heterocycles. The zero-order valence-electron chi connectivity index (χ0n) is 43.1. The highest BCUT2D eigenvalue weighted by molar-refractivity contribution is 5.70. The van der Waals surface area contributed by atoms with Gasteiger partial charge in [0.05, 0.1) is 6.61 Å². The second-order valence-corrected chi connectivity index (χ2v) is 18.8. The van der Waals surface area contributed by atoms with Gasteiger partial charge in [-0.05, 0) is 96.3 Å². The number of hydrogen-bond donors (Lipinski definition) is 0. The van der Waals surface area contributed by atoms with Crippen LogP contribution in [0.25, 0.3) is 0 Å². The fraction of sp³-hybridized carbons (Fsp3) is 0.831. The number of carbonyl (C=O) groups is 2. The third kappa shape index (κ3) is 52.5. The number of carbonyl (C=O) groups excluding carboxylic acids is 2. The molecule has 0 bridgehead atoms. The summed E-state index contributed by atoms with van der Waals surface area (Å²) in [5.74, 6) is -0.407. The highest BCUT2D eigenvalue weighted by Gasteiger charge is 2.17. The van der Waals surface area contributed by atoms with Gasteiger partial charge in [0.1, 0.15) is 6.61 Å². The van der Waals surface area contributed by atoms with Crippen LogP contribution in [0.2, 0.25) is 0 Å². The summed E-state index contributed by atoms with van der Waals surface area (Å²) in [6.07, 6.45) is 68.4. The van der Waals surface area contributed by atoms with E-state index >= 15 is 0 Å². The average Bonchev–Trinajstić information content (AvgIpc) is 3.30. The molecule has 374 valence electrons. The molecule has 0 amide bonds. The Labute approximate surface area is 399 Å². The Morgan fingerprint density at radius 2 is 0.672 bits per heavy atom. The quantitative estimate of drug-likeness (QED) is 0.0346. The van der Waals surface area contributed by atoms with Crippen molar-refractivity contribution < 1.29 is 23.8 Å². The van der Waals surface area contributed by atoms with E-state index in [4.69, 9.17) is 14.2 Å². The molecule has 1 atom stereocenters. The zero-order valence-corrected chi connectivity index (χ0v) is 43.1. The maximum absolute atomic E-state index is 12.8. The van der Waals surface area contributed by atoms with Crippen LogP contribution in [0.15, 0.2) is 48.6 Å². The van der Waals surface area contributed by atoms with Gasteiger partial charge in [-0.15, -0.1) is 0 Å². The predicted molar refractivity (Wildman–Crippen MR) is 279 cm³/mol. The first kappa shape index (κ1) is 61.9. The topological polar surface area (TPSA) is 61.8 Å². The van der Waals surface area contributed by atoms with Gasteiger partial charge in [-0.2, -0.15) is 0 Å². The first-order valence-electron chi connectivity index (χ1n) is 28.2. The molecule has 0 fully saturated rings. The van der Waals surface area contributed by atoms with Gasteiger partial charge in [0.15, 0.2) is 6.10 Å². The van der Waals surface area contributed by atoms with E-state index in [-0.39, 0.29) is 25.2 Å². The van der Waals surface area contributed by atoms with Crippen molar-refractivity contribution in [1.82, 2.24) is 0 Å². The number of ether oxygens (including phenoxy) is 3. The Kier molecular flexibility index (Phi) is 53.3. The Bertz CT molecular complexity index is 1060. The molecule has 0 saturated heterocycles. The third-order valence-corrected chi connectivity index (χ3v) is 12.3. The number of esters is 2. The molecule has 0 N–H and O–H groups in total. The average molecular weight is 898 g/mol. The monoisotopic (exact) mass is 897 g/mol. The normalized spacial score (nSPS) is 12.5. The number of hydrogen-bond acceptors (Lipinski definition) is 5. The van der Waals surface area contributed by atoms with Crippen molar-refractivity contribution in [2.75, 3.05) is 19.8 Å². The van der Waals surface area contributed by atoms with Gasteiger partial charge < -0.3 is 14.2 Å². The predicted octanol–water partition coefficient (Wildman–Crippen LogP) is 19.1. The van der Waals surface area contributed by atoms with Crippen LogP contribution in [-0.4, -0.2) is 37.9 Å². The molecule has 0 aliphatic carbocycles. The molecule has 0 aliphatic heterocycles. The Balaban J connectivity index is 4.20. The smallest absolute Gasteiger partial charge is 0.306 e. The Hall–Kier alpha value is -2.14. The number of allylic oxidation sites excluding steroid dienone is 8. The van der Waals surface area contributed by atoms with Gasteiger partial charge in [-0.3, -0.25) is 9.59 Å². The molecule has 0 rings (SSSR count). The van der Waals surface area contributed by atoms with Crippen molar-refractivity contribution >= 4 is 11.9 Å². The molecule has 0 aliphatic rings. The molecule has 0 spiro atoms. The van der Waals surface area contributed by atoms with Crippen molar-refractivity contribution in [2.45, 2.75) is 297 Å². The van der Waals surface area contributed by atoms with Crippen LogP contribution in [0.3, 0.4) is 0 Å². The summed E-state index contributed by atoms with van der Waals surface area (Å²) < 4.78 is 17.4. The second kappa shape index (κ2) is 55.2. The van der Waals surface area contributed by atoms with E-state index in [2.05, 4.69) is 69.4 Å². The minimum atomic E-state index is -0.543. The van der Waals surface area contributed by atoms with Crippen LogP contribution in [0.1, 0.15) is 290 Å². The SMILES string of the molecule is CCCC/C=C\CCCCCCCC(=O)OC(COCCCCCCCCCCCC/C=C\CCCCCCCC)COC(=O)CCCCCCCCC/C=C\C/C=C\CCCCC. The molecule has 0 heterocycles. The van der Waals surface area contributed by atoms with Crippen molar-refractivity contribution in [3.05, 3.63) is 48.6 Å². The summed E-state index contributed by atoms with van der Waals surface area (Å²) in [5.41, 5.74) is 0. The molecule has 0 aromatic rings. The molecule has 64 heavy (non-hydrogen) atoms. The summed E-state index contributed by atoms with van der Waals surface area (Å²) in [7, 11) is 0. The van der Waals surface area contributed by atoms with Gasteiger partial charge in [0.2, 0.25) is 0 Å². The fourth-order valence-electron chi connectivity index (χ4n) is 8.05. The largest absolute Gasteiger partial charge is 0.462 e. The van der Waals surface area contributed by atoms with E-state index in [0.717, 1.165) is 64.2 Å². The standard InChI is InChI=1S/C59H108O5/c1-4-7-10-13-16-19-22-24-26-28-29-30-32-34-36-39-42-45-48-51-54-62-55-57(64-59(61)53-50-47-44-41-37-21-18-15-12-9-6-3)56-63-58(60)52-49-46-43-40-38-35-33-31-27-25-23-20-17-14-11-8-5-2/h15,17-18,20,24-27,57H,4-14,16,19,21-23,28-56H2,1-3H3/b18-15-,20-17-,26-24-,27-25-. The lowest BCUT2D eigenvalue weighted by Gasteiger charge is -2.18. The summed E-state index contributed by atoms with van der Waals surface area (Å²) >= 11 is 0. The van der Waals surface area contributed by atoms with Crippen molar-refractivity contribution in [3.63, 3.8) is 0 Å². The molecular weight excluding hydrogens is 789 g/mol. The van der Waals surface area contributed by atoms with Crippen LogP contribution in [0.4, 0.5) is 0 Å². The molecule has 5 heteroatoms. The molecule has 0 aromatic carbocycles. The first-order valence-corrected chi connectivity index (χ1v) is 28.2. The molecule has 5 nitrogen and oxygen atoms in total. The summed E-state index contributed by atoms with van der Waals surface area (Å²) in [4.78, 5) is 25.4. The lowest BCUT2D eigenvalue weighted by molar-refractivity contribution is -0.163. The highest BCUT2D eigenvalue weighted by atomic mass is 16.6. The minimum Gasteiger partial charge on any atom is -0.462 e. The first-order chi connectivity index (χ1) is 31.6. The van der Waals surface area contributed by atoms with Gasteiger partial charge in [0, 0.05) is 19.4 Å². The number of rotatable bonds is 52.